The Hall–Kier alpha value is -2.73. The fourth-order valence-electron chi connectivity index (χ4n) is 3.75. The van der Waals surface area contributed by atoms with Crippen LogP contribution in [0, 0.1) is 0 Å². The van der Waals surface area contributed by atoms with E-state index >= 15 is 0 Å². The number of fused-ring (bicyclic) bond motifs is 1. The third kappa shape index (κ3) is 4.01. The molecule has 0 radical (unpaired) electrons. The number of amides is 1. The molecule has 6 heteroatoms. The Morgan fingerprint density at radius 3 is 2.52 bits per heavy atom. The third-order valence-corrected chi connectivity index (χ3v) is 5.20. The maximum Gasteiger partial charge on any atom is 0.231 e. The number of hydrogen-bond acceptors (Lipinski definition) is 5. The van der Waals surface area contributed by atoms with Gasteiger partial charge in [0.1, 0.15) is 0 Å². The second-order valence-electron chi connectivity index (χ2n) is 6.92. The normalized spacial score (nSPS) is 17.6. The van der Waals surface area contributed by atoms with Crippen LogP contribution >= 0.6 is 0 Å². The van der Waals surface area contributed by atoms with E-state index in [1.807, 2.05) is 18.2 Å². The SMILES string of the molecule is CC(=O)NCC(c1ccc2c(c1)OCO2)N1CCN(c2ccccc2)CC1. The number of piperazine rings is 1. The van der Waals surface area contributed by atoms with Crippen molar-refractivity contribution in [3.05, 3.63) is 54.1 Å². The summed E-state index contributed by atoms with van der Waals surface area (Å²) in [5, 5.41) is 2.99. The highest BCUT2D eigenvalue weighted by atomic mass is 16.7. The van der Waals surface area contributed by atoms with E-state index in [2.05, 4.69) is 45.4 Å². The minimum atomic E-state index is -0.0105. The summed E-state index contributed by atoms with van der Waals surface area (Å²) in [6.45, 7) is 6.21. The summed E-state index contributed by atoms with van der Waals surface area (Å²) in [4.78, 5) is 16.3. The highest BCUT2D eigenvalue weighted by Crippen LogP contribution is 2.35. The van der Waals surface area contributed by atoms with Gasteiger partial charge in [-0.25, -0.2) is 0 Å². The molecule has 6 nitrogen and oxygen atoms in total. The number of benzene rings is 2. The van der Waals surface area contributed by atoms with E-state index in [1.54, 1.807) is 6.92 Å². The van der Waals surface area contributed by atoms with E-state index in [0.717, 1.165) is 43.2 Å². The highest BCUT2D eigenvalue weighted by molar-refractivity contribution is 5.72. The molecule has 1 saturated heterocycles. The average Bonchev–Trinajstić information content (AvgIpc) is 3.17. The summed E-state index contributed by atoms with van der Waals surface area (Å²) in [6.07, 6.45) is 0. The lowest BCUT2D eigenvalue weighted by atomic mass is 10.0. The van der Waals surface area contributed by atoms with Gasteiger partial charge in [0.05, 0.1) is 6.04 Å². The number of nitrogens with zero attached hydrogens (tertiary/aromatic N) is 2. The van der Waals surface area contributed by atoms with Gasteiger partial charge in [-0.3, -0.25) is 9.69 Å². The minimum Gasteiger partial charge on any atom is -0.454 e. The average molecular weight is 367 g/mol. The molecule has 142 valence electrons. The Balaban J connectivity index is 1.49. The van der Waals surface area contributed by atoms with Gasteiger partial charge in [0, 0.05) is 45.3 Å². The number of carbonyl (C=O) groups is 1. The first-order valence-corrected chi connectivity index (χ1v) is 9.39. The maximum atomic E-state index is 11.5. The standard InChI is InChI=1S/C21H25N3O3/c1-16(25)22-14-19(17-7-8-20-21(13-17)27-15-26-20)24-11-9-23(10-12-24)18-5-3-2-4-6-18/h2-8,13,19H,9-12,14-15H2,1H3,(H,22,25). The van der Waals surface area contributed by atoms with E-state index in [1.165, 1.54) is 5.69 Å². The lowest BCUT2D eigenvalue weighted by Crippen LogP contribution is -2.49. The van der Waals surface area contributed by atoms with Gasteiger partial charge in [-0.2, -0.15) is 0 Å². The van der Waals surface area contributed by atoms with Crippen molar-refractivity contribution in [3.63, 3.8) is 0 Å². The molecule has 0 aliphatic carbocycles. The molecule has 2 aromatic carbocycles. The second-order valence-corrected chi connectivity index (χ2v) is 6.92. The molecule has 0 aromatic heterocycles. The molecule has 2 aromatic rings. The highest BCUT2D eigenvalue weighted by Gasteiger charge is 2.27. The van der Waals surface area contributed by atoms with E-state index in [4.69, 9.17) is 9.47 Å². The number of anilines is 1. The Labute approximate surface area is 159 Å². The van der Waals surface area contributed by atoms with Gasteiger partial charge in [-0.15, -0.1) is 0 Å². The first-order valence-electron chi connectivity index (χ1n) is 9.39. The van der Waals surface area contributed by atoms with Crippen LogP contribution in [0.1, 0.15) is 18.5 Å². The molecule has 1 amide bonds. The smallest absolute Gasteiger partial charge is 0.231 e. The van der Waals surface area contributed by atoms with Gasteiger partial charge in [-0.05, 0) is 29.8 Å². The maximum absolute atomic E-state index is 11.5. The Morgan fingerprint density at radius 1 is 1.04 bits per heavy atom. The van der Waals surface area contributed by atoms with Gasteiger partial charge in [-0.1, -0.05) is 24.3 Å². The summed E-state index contributed by atoms with van der Waals surface area (Å²) in [5.74, 6) is 1.55. The van der Waals surface area contributed by atoms with Crippen molar-refractivity contribution in [2.45, 2.75) is 13.0 Å². The molecule has 2 aliphatic heterocycles. The summed E-state index contributed by atoms with van der Waals surface area (Å²) in [7, 11) is 0. The minimum absolute atomic E-state index is 0.0105. The van der Waals surface area contributed by atoms with Gasteiger partial charge >= 0.3 is 0 Å². The number of ether oxygens (including phenoxy) is 2. The lowest BCUT2D eigenvalue weighted by molar-refractivity contribution is -0.119. The molecule has 1 fully saturated rings. The molecular weight excluding hydrogens is 342 g/mol. The summed E-state index contributed by atoms with van der Waals surface area (Å²) < 4.78 is 11.0. The zero-order valence-electron chi connectivity index (χ0n) is 15.6. The van der Waals surface area contributed by atoms with Crippen molar-refractivity contribution in [2.75, 3.05) is 44.4 Å². The Bertz CT molecular complexity index is 789. The number of hydrogen-bond donors (Lipinski definition) is 1. The third-order valence-electron chi connectivity index (χ3n) is 5.20. The van der Waals surface area contributed by atoms with Crippen LogP contribution in [0.25, 0.3) is 0 Å². The van der Waals surface area contributed by atoms with Crippen molar-refractivity contribution >= 4 is 11.6 Å². The van der Waals surface area contributed by atoms with Crippen LogP contribution in [-0.2, 0) is 4.79 Å². The lowest BCUT2D eigenvalue weighted by Gasteiger charge is -2.40. The monoisotopic (exact) mass is 367 g/mol. The van der Waals surface area contributed by atoms with Gasteiger partial charge in [0.25, 0.3) is 0 Å². The molecule has 0 spiro atoms. The van der Waals surface area contributed by atoms with Gasteiger partial charge < -0.3 is 19.7 Å². The molecule has 1 atom stereocenters. The molecule has 4 rings (SSSR count). The fourth-order valence-corrected chi connectivity index (χ4v) is 3.75. The quantitative estimate of drug-likeness (QED) is 0.880. The summed E-state index contributed by atoms with van der Waals surface area (Å²) in [6, 6.07) is 16.7. The molecule has 0 bridgehead atoms. The van der Waals surface area contributed by atoms with Crippen molar-refractivity contribution in [3.8, 4) is 11.5 Å². The molecule has 2 aliphatic rings. The topological polar surface area (TPSA) is 54.0 Å². The number of nitrogens with one attached hydrogen (secondary N) is 1. The van der Waals surface area contributed by atoms with Crippen molar-refractivity contribution in [1.82, 2.24) is 10.2 Å². The largest absolute Gasteiger partial charge is 0.454 e. The molecule has 27 heavy (non-hydrogen) atoms. The summed E-state index contributed by atoms with van der Waals surface area (Å²) >= 11 is 0. The summed E-state index contributed by atoms with van der Waals surface area (Å²) in [5.41, 5.74) is 2.40. The molecule has 2 heterocycles. The number of para-hydroxylation sites is 1. The second kappa shape index (κ2) is 7.88. The van der Waals surface area contributed by atoms with E-state index < -0.39 is 0 Å². The van der Waals surface area contributed by atoms with E-state index in [0.29, 0.717) is 6.54 Å². The van der Waals surface area contributed by atoms with Crippen LogP contribution < -0.4 is 19.7 Å². The number of rotatable bonds is 5. The Morgan fingerprint density at radius 2 is 1.78 bits per heavy atom. The molecule has 1 unspecified atom stereocenters. The predicted molar refractivity (Wildman–Crippen MR) is 104 cm³/mol. The van der Waals surface area contributed by atoms with Crippen molar-refractivity contribution in [2.24, 2.45) is 0 Å². The van der Waals surface area contributed by atoms with Gasteiger partial charge in [0.2, 0.25) is 12.7 Å². The molecule has 1 N–H and O–H groups in total. The van der Waals surface area contributed by atoms with Crippen LogP contribution in [0.3, 0.4) is 0 Å². The van der Waals surface area contributed by atoms with Crippen LogP contribution in [0.4, 0.5) is 5.69 Å². The van der Waals surface area contributed by atoms with Crippen molar-refractivity contribution < 1.29 is 14.3 Å². The first-order chi connectivity index (χ1) is 13.2. The zero-order valence-corrected chi connectivity index (χ0v) is 15.6. The van der Waals surface area contributed by atoms with Crippen LogP contribution in [0.2, 0.25) is 0 Å². The predicted octanol–water partition coefficient (Wildman–Crippen LogP) is 2.41. The number of carbonyl (C=O) groups excluding carboxylic acids is 1. The van der Waals surface area contributed by atoms with Crippen LogP contribution in [0.15, 0.2) is 48.5 Å². The molecular formula is C21H25N3O3. The van der Waals surface area contributed by atoms with Crippen LogP contribution in [0.5, 0.6) is 11.5 Å². The fraction of sp³-hybridized carbons (Fsp3) is 0.381. The Kier molecular flexibility index (Phi) is 5.16. The molecule has 0 saturated carbocycles. The van der Waals surface area contributed by atoms with E-state index in [-0.39, 0.29) is 18.7 Å². The van der Waals surface area contributed by atoms with Crippen molar-refractivity contribution in [1.29, 1.82) is 0 Å². The van der Waals surface area contributed by atoms with E-state index in [9.17, 15) is 4.79 Å². The van der Waals surface area contributed by atoms with Crippen LogP contribution in [-0.4, -0.2) is 50.3 Å². The zero-order chi connectivity index (χ0) is 18.6. The first kappa shape index (κ1) is 17.7. The van der Waals surface area contributed by atoms with Gasteiger partial charge in [0.15, 0.2) is 11.5 Å².